The zero-order chi connectivity index (χ0) is 24.8. The number of nitrogens with zero attached hydrogens (tertiary/aromatic N) is 1. The van der Waals surface area contributed by atoms with Crippen LogP contribution in [-0.4, -0.2) is 36.7 Å². The summed E-state index contributed by atoms with van der Waals surface area (Å²) in [7, 11) is 2.98. The summed E-state index contributed by atoms with van der Waals surface area (Å²) in [5.74, 6) is 0.552. The molecule has 0 saturated carbocycles. The molecule has 0 radical (unpaired) electrons. The molecule has 0 spiro atoms. The van der Waals surface area contributed by atoms with Crippen LogP contribution in [0.3, 0.4) is 0 Å². The lowest BCUT2D eigenvalue weighted by molar-refractivity contribution is -0.385. The topological polar surface area (TPSA) is 129 Å². The Morgan fingerprint density at radius 3 is 2.12 bits per heavy atom. The van der Waals surface area contributed by atoms with Crippen molar-refractivity contribution in [2.24, 2.45) is 0 Å². The van der Waals surface area contributed by atoms with E-state index in [9.17, 15) is 19.7 Å². The number of methoxy groups -OCH3 is 2. The van der Waals surface area contributed by atoms with Crippen molar-refractivity contribution in [1.29, 1.82) is 0 Å². The maximum atomic E-state index is 12.7. The van der Waals surface area contributed by atoms with E-state index in [1.54, 1.807) is 45.0 Å². The van der Waals surface area contributed by atoms with Crippen LogP contribution in [0.1, 0.15) is 47.8 Å². The molecule has 0 fully saturated rings. The summed E-state index contributed by atoms with van der Waals surface area (Å²) >= 11 is 0. The third-order valence-corrected chi connectivity index (χ3v) is 4.64. The summed E-state index contributed by atoms with van der Waals surface area (Å²) in [6, 6.07) is 7.70. The first kappa shape index (κ1) is 25.4. The highest BCUT2D eigenvalue weighted by atomic mass is 16.6. The quantitative estimate of drug-likeness (QED) is 0.453. The van der Waals surface area contributed by atoms with Gasteiger partial charge in [-0.2, -0.15) is 0 Å². The molecule has 0 aliphatic carbocycles. The maximum absolute atomic E-state index is 12.7. The second-order valence-electron chi connectivity index (χ2n) is 8.26. The number of amides is 2. The Hall–Kier alpha value is -3.82. The molecule has 0 unspecified atom stereocenters. The monoisotopic (exact) mass is 459 g/mol. The Labute approximate surface area is 192 Å². The van der Waals surface area contributed by atoms with Gasteiger partial charge in [-0.1, -0.05) is 12.1 Å². The van der Waals surface area contributed by atoms with Crippen LogP contribution in [0.25, 0.3) is 0 Å². The average Bonchev–Trinajstić information content (AvgIpc) is 2.75. The predicted octanol–water partition coefficient (Wildman–Crippen LogP) is 3.88. The minimum atomic E-state index is -0.649. The standard InChI is InChI=1S/C23H29N3O7/c1-14-19(31-5)10-17(11-20(14)32-6)21(27)24-13-16-8-7-15(9-18(16)26(29)30)12-25-22(28)33-23(2,3)4/h7-11H,12-13H2,1-6H3,(H,24,27)(H,25,28). The molecule has 0 atom stereocenters. The molecule has 2 N–H and O–H groups in total. The van der Waals surface area contributed by atoms with Gasteiger partial charge in [-0.15, -0.1) is 0 Å². The zero-order valence-corrected chi connectivity index (χ0v) is 19.6. The number of ether oxygens (including phenoxy) is 3. The van der Waals surface area contributed by atoms with Gasteiger partial charge in [0.2, 0.25) is 0 Å². The molecule has 10 nitrogen and oxygen atoms in total. The van der Waals surface area contributed by atoms with E-state index in [4.69, 9.17) is 14.2 Å². The highest BCUT2D eigenvalue weighted by Gasteiger charge is 2.19. The van der Waals surface area contributed by atoms with Gasteiger partial charge in [-0.25, -0.2) is 4.79 Å². The lowest BCUT2D eigenvalue weighted by Gasteiger charge is -2.19. The molecular formula is C23H29N3O7. The number of rotatable bonds is 8. The molecule has 33 heavy (non-hydrogen) atoms. The summed E-state index contributed by atoms with van der Waals surface area (Å²) in [4.78, 5) is 35.5. The van der Waals surface area contributed by atoms with Gasteiger partial charge < -0.3 is 24.8 Å². The van der Waals surface area contributed by atoms with E-state index in [1.165, 1.54) is 20.3 Å². The van der Waals surface area contributed by atoms with Gasteiger partial charge in [0, 0.05) is 35.8 Å². The van der Waals surface area contributed by atoms with Crippen molar-refractivity contribution in [2.75, 3.05) is 14.2 Å². The Morgan fingerprint density at radius 1 is 1.00 bits per heavy atom. The van der Waals surface area contributed by atoms with Crippen molar-refractivity contribution >= 4 is 17.7 Å². The Morgan fingerprint density at radius 2 is 1.61 bits per heavy atom. The van der Waals surface area contributed by atoms with Crippen molar-refractivity contribution in [1.82, 2.24) is 10.6 Å². The highest BCUT2D eigenvalue weighted by molar-refractivity contribution is 5.95. The Bertz CT molecular complexity index is 1020. The zero-order valence-electron chi connectivity index (χ0n) is 19.6. The van der Waals surface area contributed by atoms with Crippen LogP contribution in [0.4, 0.5) is 10.5 Å². The molecule has 2 aromatic rings. The third-order valence-electron chi connectivity index (χ3n) is 4.64. The van der Waals surface area contributed by atoms with Crippen LogP contribution >= 0.6 is 0 Å². The fourth-order valence-electron chi connectivity index (χ4n) is 3.02. The van der Waals surface area contributed by atoms with Crippen LogP contribution in [0.15, 0.2) is 30.3 Å². The van der Waals surface area contributed by atoms with Crippen molar-refractivity contribution < 1.29 is 28.7 Å². The van der Waals surface area contributed by atoms with Crippen molar-refractivity contribution in [3.05, 3.63) is 62.7 Å². The van der Waals surface area contributed by atoms with Crippen LogP contribution in [-0.2, 0) is 17.8 Å². The van der Waals surface area contributed by atoms with Crippen molar-refractivity contribution in [3.8, 4) is 11.5 Å². The molecule has 2 amide bonds. The number of alkyl carbamates (subject to hydrolysis) is 1. The molecule has 0 bridgehead atoms. The van der Waals surface area contributed by atoms with E-state index in [0.717, 1.165) is 5.56 Å². The first-order chi connectivity index (χ1) is 15.4. The van der Waals surface area contributed by atoms with Gasteiger partial charge in [-0.3, -0.25) is 14.9 Å². The van der Waals surface area contributed by atoms with Gasteiger partial charge in [0.1, 0.15) is 17.1 Å². The number of nitro benzene ring substituents is 1. The summed E-state index contributed by atoms with van der Waals surface area (Å²) in [5, 5.41) is 16.8. The first-order valence-electron chi connectivity index (χ1n) is 10.2. The average molecular weight is 459 g/mol. The fourth-order valence-corrected chi connectivity index (χ4v) is 3.02. The molecule has 178 valence electrons. The maximum Gasteiger partial charge on any atom is 0.407 e. The third kappa shape index (κ3) is 7.09. The minimum Gasteiger partial charge on any atom is -0.496 e. The van der Waals surface area contributed by atoms with E-state index in [-0.39, 0.29) is 18.8 Å². The van der Waals surface area contributed by atoms with Gasteiger partial charge in [0.15, 0.2) is 0 Å². The van der Waals surface area contributed by atoms with Crippen LogP contribution in [0.5, 0.6) is 11.5 Å². The largest absolute Gasteiger partial charge is 0.496 e. The fraction of sp³-hybridized carbons (Fsp3) is 0.391. The van der Waals surface area contributed by atoms with Gasteiger partial charge >= 0.3 is 6.09 Å². The molecule has 2 rings (SSSR count). The second-order valence-corrected chi connectivity index (χ2v) is 8.26. The summed E-state index contributed by atoms with van der Waals surface area (Å²) < 4.78 is 15.7. The van der Waals surface area contributed by atoms with Crippen molar-refractivity contribution in [2.45, 2.75) is 46.4 Å². The van der Waals surface area contributed by atoms with Crippen molar-refractivity contribution in [3.63, 3.8) is 0 Å². The summed E-state index contributed by atoms with van der Waals surface area (Å²) in [6.07, 6.45) is -0.620. The number of nitro groups is 1. The molecule has 0 aliphatic rings. The Balaban J connectivity index is 2.12. The molecule has 0 aliphatic heterocycles. The van der Waals surface area contributed by atoms with Gasteiger partial charge in [0.05, 0.1) is 19.1 Å². The molecule has 0 saturated heterocycles. The first-order valence-corrected chi connectivity index (χ1v) is 10.2. The number of nitrogens with one attached hydrogen (secondary N) is 2. The molecular weight excluding hydrogens is 430 g/mol. The molecule has 0 aromatic heterocycles. The van der Waals surface area contributed by atoms with E-state index >= 15 is 0 Å². The number of hydrogen-bond donors (Lipinski definition) is 2. The van der Waals surface area contributed by atoms with E-state index in [2.05, 4.69) is 10.6 Å². The normalized spacial score (nSPS) is 10.8. The molecule has 2 aromatic carbocycles. The van der Waals surface area contributed by atoms with Crippen LogP contribution in [0.2, 0.25) is 0 Å². The van der Waals surface area contributed by atoms with Gasteiger partial charge in [-0.05, 0) is 45.4 Å². The minimum absolute atomic E-state index is 0.0609. The SMILES string of the molecule is COc1cc(C(=O)NCc2ccc(CNC(=O)OC(C)(C)C)cc2[N+](=O)[O-])cc(OC)c1C. The lowest BCUT2D eigenvalue weighted by atomic mass is 10.1. The highest BCUT2D eigenvalue weighted by Crippen LogP contribution is 2.29. The Kier molecular flexibility index (Phi) is 8.22. The number of carbonyl (C=O) groups is 2. The number of benzene rings is 2. The number of carbonyl (C=O) groups excluding carboxylic acids is 2. The van der Waals surface area contributed by atoms with Gasteiger partial charge in [0.25, 0.3) is 11.6 Å². The smallest absolute Gasteiger partial charge is 0.407 e. The van der Waals surface area contributed by atoms with Crippen LogP contribution in [0, 0.1) is 17.0 Å². The molecule has 0 heterocycles. The summed E-state index contributed by atoms with van der Waals surface area (Å²) in [5.41, 5.74) is 1.08. The predicted molar refractivity (Wildman–Crippen MR) is 122 cm³/mol. The number of hydrogen-bond acceptors (Lipinski definition) is 7. The second kappa shape index (κ2) is 10.7. The van der Waals surface area contributed by atoms with E-state index in [0.29, 0.717) is 28.2 Å². The van der Waals surface area contributed by atoms with E-state index < -0.39 is 22.5 Å². The lowest BCUT2D eigenvalue weighted by Crippen LogP contribution is -2.32. The summed E-state index contributed by atoms with van der Waals surface area (Å²) in [6.45, 7) is 7.02. The van der Waals surface area contributed by atoms with E-state index in [1.807, 2.05) is 6.92 Å². The molecule has 10 heteroatoms. The van der Waals surface area contributed by atoms with Crippen LogP contribution < -0.4 is 20.1 Å².